The standard InChI is InChI=1S/C19H18ClN3O/c1-13-4-2-5-14(8-13)18(12-24)23-19-11-21-10-17(22-19)15-6-3-7-16(20)9-15/h2-11,18,24H,12H2,1H3,(H,22,23). The normalized spacial score (nSPS) is 12.0. The van der Waals surface area contributed by atoms with Crippen molar-refractivity contribution in [1.29, 1.82) is 0 Å². The quantitative estimate of drug-likeness (QED) is 0.729. The summed E-state index contributed by atoms with van der Waals surface area (Å²) in [6, 6.07) is 15.3. The van der Waals surface area contributed by atoms with E-state index in [9.17, 15) is 5.11 Å². The molecule has 0 aliphatic heterocycles. The van der Waals surface area contributed by atoms with Gasteiger partial charge in [-0.15, -0.1) is 0 Å². The lowest BCUT2D eigenvalue weighted by Crippen LogP contribution is -2.16. The lowest BCUT2D eigenvalue weighted by Gasteiger charge is -2.18. The van der Waals surface area contributed by atoms with E-state index in [1.807, 2.05) is 55.5 Å². The first-order valence-electron chi connectivity index (χ1n) is 7.67. The summed E-state index contributed by atoms with van der Waals surface area (Å²) in [4.78, 5) is 8.82. The number of aliphatic hydroxyl groups excluding tert-OH is 1. The molecule has 3 aromatic rings. The molecule has 2 aromatic carbocycles. The van der Waals surface area contributed by atoms with Crippen LogP contribution in [-0.4, -0.2) is 21.7 Å². The third-order valence-corrected chi connectivity index (χ3v) is 3.94. The first kappa shape index (κ1) is 16.4. The summed E-state index contributed by atoms with van der Waals surface area (Å²) in [5.74, 6) is 0.605. The van der Waals surface area contributed by atoms with E-state index < -0.39 is 0 Å². The number of hydrogen-bond donors (Lipinski definition) is 2. The molecular formula is C19H18ClN3O. The van der Waals surface area contributed by atoms with Gasteiger partial charge in [-0.25, -0.2) is 4.98 Å². The highest BCUT2D eigenvalue weighted by Gasteiger charge is 2.12. The van der Waals surface area contributed by atoms with Crippen LogP contribution in [-0.2, 0) is 0 Å². The van der Waals surface area contributed by atoms with Crippen LogP contribution in [0, 0.1) is 6.92 Å². The van der Waals surface area contributed by atoms with Crippen molar-refractivity contribution in [2.45, 2.75) is 13.0 Å². The van der Waals surface area contributed by atoms with Crippen molar-refractivity contribution in [3.63, 3.8) is 0 Å². The number of halogens is 1. The van der Waals surface area contributed by atoms with Gasteiger partial charge in [0.15, 0.2) is 0 Å². The Hall–Kier alpha value is -2.43. The highest BCUT2D eigenvalue weighted by atomic mass is 35.5. The molecule has 1 heterocycles. The largest absolute Gasteiger partial charge is 0.394 e. The predicted molar refractivity (Wildman–Crippen MR) is 97.1 cm³/mol. The average molecular weight is 340 g/mol. The molecule has 0 aliphatic carbocycles. The van der Waals surface area contributed by atoms with E-state index in [1.165, 1.54) is 0 Å². The SMILES string of the molecule is Cc1cccc(C(CO)Nc2cncc(-c3cccc(Cl)c3)n2)c1. The minimum atomic E-state index is -0.242. The molecule has 0 spiro atoms. The van der Waals surface area contributed by atoms with Crippen LogP contribution < -0.4 is 5.32 Å². The van der Waals surface area contributed by atoms with Crippen LogP contribution in [0.5, 0.6) is 0 Å². The van der Waals surface area contributed by atoms with Gasteiger partial charge in [-0.3, -0.25) is 4.98 Å². The fraction of sp³-hybridized carbons (Fsp3) is 0.158. The smallest absolute Gasteiger partial charge is 0.145 e. The van der Waals surface area contributed by atoms with Crippen LogP contribution in [0.15, 0.2) is 60.9 Å². The topological polar surface area (TPSA) is 58.0 Å². The molecule has 4 nitrogen and oxygen atoms in total. The molecule has 0 bridgehead atoms. The molecule has 0 amide bonds. The van der Waals surface area contributed by atoms with Crippen LogP contribution in [0.25, 0.3) is 11.3 Å². The molecule has 1 unspecified atom stereocenters. The Morgan fingerprint density at radius 2 is 1.96 bits per heavy atom. The maximum absolute atomic E-state index is 9.73. The van der Waals surface area contributed by atoms with Gasteiger partial charge in [0.1, 0.15) is 5.82 Å². The van der Waals surface area contributed by atoms with E-state index in [4.69, 9.17) is 11.6 Å². The monoisotopic (exact) mass is 339 g/mol. The second-order valence-electron chi connectivity index (χ2n) is 5.59. The van der Waals surface area contributed by atoms with E-state index in [-0.39, 0.29) is 12.6 Å². The van der Waals surface area contributed by atoms with Crippen molar-refractivity contribution < 1.29 is 5.11 Å². The Labute approximate surface area is 146 Å². The predicted octanol–water partition coefficient (Wildman–Crippen LogP) is 4.25. The number of nitrogens with zero attached hydrogens (tertiary/aromatic N) is 2. The van der Waals surface area contributed by atoms with E-state index in [2.05, 4.69) is 15.3 Å². The summed E-state index contributed by atoms with van der Waals surface area (Å²) in [6.45, 7) is 1.99. The average Bonchev–Trinajstić information content (AvgIpc) is 2.60. The number of aryl methyl sites for hydroxylation is 1. The van der Waals surface area contributed by atoms with Gasteiger partial charge in [0.05, 0.1) is 30.7 Å². The van der Waals surface area contributed by atoms with Crippen LogP contribution in [0.4, 0.5) is 5.82 Å². The van der Waals surface area contributed by atoms with Crippen molar-refractivity contribution in [2.24, 2.45) is 0 Å². The molecule has 1 aromatic heterocycles. The van der Waals surface area contributed by atoms with Gasteiger partial charge < -0.3 is 10.4 Å². The second kappa shape index (κ2) is 7.43. The van der Waals surface area contributed by atoms with Crippen molar-refractivity contribution in [3.05, 3.63) is 77.1 Å². The maximum Gasteiger partial charge on any atom is 0.145 e. The molecular weight excluding hydrogens is 322 g/mol. The van der Waals surface area contributed by atoms with Gasteiger partial charge in [-0.2, -0.15) is 0 Å². The maximum atomic E-state index is 9.73. The zero-order chi connectivity index (χ0) is 16.9. The Kier molecular flexibility index (Phi) is 5.08. The Morgan fingerprint density at radius 3 is 2.71 bits per heavy atom. The summed E-state index contributed by atoms with van der Waals surface area (Å²) in [6.07, 6.45) is 3.34. The molecule has 1 atom stereocenters. The zero-order valence-electron chi connectivity index (χ0n) is 13.3. The summed E-state index contributed by atoms with van der Waals surface area (Å²) >= 11 is 6.04. The molecule has 3 rings (SSSR count). The molecule has 122 valence electrons. The Balaban J connectivity index is 1.86. The van der Waals surface area contributed by atoms with Crippen molar-refractivity contribution in [1.82, 2.24) is 9.97 Å². The van der Waals surface area contributed by atoms with Gasteiger partial charge in [-0.1, -0.05) is 53.6 Å². The molecule has 5 heteroatoms. The third-order valence-electron chi connectivity index (χ3n) is 3.70. The summed E-state index contributed by atoms with van der Waals surface area (Å²) < 4.78 is 0. The summed E-state index contributed by atoms with van der Waals surface area (Å²) in [5, 5.41) is 13.6. The van der Waals surface area contributed by atoms with E-state index in [1.54, 1.807) is 12.4 Å². The molecule has 0 aliphatic rings. The molecule has 0 fully saturated rings. The molecule has 0 saturated heterocycles. The minimum Gasteiger partial charge on any atom is -0.394 e. The highest BCUT2D eigenvalue weighted by molar-refractivity contribution is 6.30. The highest BCUT2D eigenvalue weighted by Crippen LogP contribution is 2.23. The van der Waals surface area contributed by atoms with E-state index >= 15 is 0 Å². The van der Waals surface area contributed by atoms with Gasteiger partial charge in [0, 0.05) is 10.6 Å². The number of nitrogens with one attached hydrogen (secondary N) is 1. The Bertz CT molecular complexity index is 838. The van der Waals surface area contributed by atoms with Gasteiger partial charge in [0.2, 0.25) is 0 Å². The first-order valence-corrected chi connectivity index (χ1v) is 8.05. The number of aromatic nitrogens is 2. The number of anilines is 1. The first-order chi connectivity index (χ1) is 11.7. The van der Waals surface area contributed by atoms with Crippen LogP contribution in [0.2, 0.25) is 5.02 Å². The van der Waals surface area contributed by atoms with Gasteiger partial charge >= 0.3 is 0 Å². The lowest BCUT2D eigenvalue weighted by atomic mass is 10.1. The number of benzene rings is 2. The van der Waals surface area contributed by atoms with Gasteiger partial charge in [0.25, 0.3) is 0 Å². The number of aliphatic hydroxyl groups is 1. The van der Waals surface area contributed by atoms with Crippen LogP contribution in [0.3, 0.4) is 0 Å². The lowest BCUT2D eigenvalue weighted by molar-refractivity contribution is 0.276. The Morgan fingerprint density at radius 1 is 1.12 bits per heavy atom. The molecule has 0 radical (unpaired) electrons. The third kappa shape index (κ3) is 3.91. The van der Waals surface area contributed by atoms with E-state index in [0.717, 1.165) is 22.4 Å². The number of rotatable bonds is 5. The number of hydrogen-bond acceptors (Lipinski definition) is 4. The van der Waals surface area contributed by atoms with Crippen LogP contribution >= 0.6 is 11.6 Å². The zero-order valence-corrected chi connectivity index (χ0v) is 14.0. The van der Waals surface area contributed by atoms with Crippen molar-refractivity contribution >= 4 is 17.4 Å². The molecule has 2 N–H and O–H groups in total. The molecule has 0 saturated carbocycles. The summed E-state index contributed by atoms with van der Waals surface area (Å²) in [7, 11) is 0. The van der Waals surface area contributed by atoms with Crippen molar-refractivity contribution in [3.8, 4) is 11.3 Å². The van der Waals surface area contributed by atoms with Crippen LogP contribution in [0.1, 0.15) is 17.2 Å². The van der Waals surface area contributed by atoms with Gasteiger partial charge in [-0.05, 0) is 24.6 Å². The summed E-state index contributed by atoms with van der Waals surface area (Å²) in [5.41, 5.74) is 3.78. The van der Waals surface area contributed by atoms with Crippen molar-refractivity contribution in [2.75, 3.05) is 11.9 Å². The fourth-order valence-corrected chi connectivity index (χ4v) is 2.71. The second-order valence-corrected chi connectivity index (χ2v) is 6.03. The fourth-order valence-electron chi connectivity index (χ4n) is 2.52. The molecule has 24 heavy (non-hydrogen) atoms. The minimum absolute atomic E-state index is 0.0352. The van der Waals surface area contributed by atoms with E-state index in [0.29, 0.717) is 10.8 Å².